The number of halogens is 1. The zero-order chi connectivity index (χ0) is 19.5. The van der Waals surface area contributed by atoms with Crippen molar-refractivity contribution in [3.05, 3.63) is 70.4 Å². The molecule has 1 atom stereocenters. The monoisotopic (exact) mass is 398 g/mol. The maximum atomic E-state index is 12.8. The molecular formula is C22H23ClN2O3. The van der Waals surface area contributed by atoms with Crippen molar-refractivity contribution in [2.24, 2.45) is 0 Å². The number of para-hydroxylation sites is 1. The average molecular weight is 399 g/mol. The smallest absolute Gasteiger partial charge is 0.287 e. The Bertz CT molecular complexity index is 962. The number of ether oxygens (including phenoxy) is 1. The van der Waals surface area contributed by atoms with Crippen LogP contribution in [0, 0.1) is 6.92 Å². The zero-order valence-corrected chi connectivity index (χ0v) is 16.5. The largest absolute Gasteiger partial charge is 0.451 e. The fourth-order valence-corrected chi connectivity index (χ4v) is 3.82. The fourth-order valence-electron chi connectivity index (χ4n) is 3.69. The molecule has 0 spiro atoms. The molecule has 2 heterocycles. The number of fused-ring (bicyclic) bond motifs is 1. The van der Waals surface area contributed by atoms with Gasteiger partial charge in [-0.15, -0.1) is 0 Å². The van der Waals surface area contributed by atoms with E-state index in [1.54, 1.807) is 0 Å². The van der Waals surface area contributed by atoms with E-state index >= 15 is 0 Å². The number of rotatable bonds is 5. The molecule has 1 aliphatic heterocycles. The predicted octanol–water partition coefficient (Wildman–Crippen LogP) is 4.20. The van der Waals surface area contributed by atoms with Crippen molar-refractivity contribution in [2.75, 3.05) is 32.8 Å². The number of amides is 1. The third kappa shape index (κ3) is 3.92. The molecule has 0 unspecified atom stereocenters. The highest BCUT2D eigenvalue weighted by Gasteiger charge is 2.25. The Morgan fingerprint density at radius 1 is 1.14 bits per heavy atom. The van der Waals surface area contributed by atoms with Crippen LogP contribution in [0.3, 0.4) is 0 Å². The Morgan fingerprint density at radius 2 is 1.86 bits per heavy atom. The van der Waals surface area contributed by atoms with E-state index in [2.05, 4.69) is 10.2 Å². The van der Waals surface area contributed by atoms with Crippen LogP contribution in [-0.4, -0.2) is 43.7 Å². The number of hydrogen-bond donors (Lipinski definition) is 1. The molecule has 5 nitrogen and oxygen atoms in total. The first kappa shape index (κ1) is 19.0. The summed E-state index contributed by atoms with van der Waals surface area (Å²) in [6, 6.07) is 15.5. The standard InChI is InChI=1S/C22H23ClN2O3/c1-15-18-4-2-3-5-20(18)28-21(15)22(26)24-14-19(25-10-12-27-13-11-25)16-6-8-17(23)9-7-16/h2-9,19H,10-14H2,1H3,(H,24,26)/t19-/m1/s1. The number of hydrogen-bond acceptors (Lipinski definition) is 4. The van der Waals surface area contributed by atoms with Crippen LogP contribution in [0.25, 0.3) is 11.0 Å². The molecule has 1 saturated heterocycles. The van der Waals surface area contributed by atoms with Gasteiger partial charge in [-0.25, -0.2) is 0 Å². The van der Waals surface area contributed by atoms with Crippen molar-refractivity contribution in [3.63, 3.8) is 0 Å². The van der Waals surface area contributed by atoms with Gasteiger partial charge in [0.1, 0.15) is 5.58 Å². The van der Waals surface area contributed by atoms with Crippen molar-refractivity contribution in [1.82, 2.24) is 10.2 Å². The summed E-state index contributed by atoms with van der Waals surface area (Å²) in [5, 5.41) is 4.73. The molecule has 0 aliphatic carbocycles. The molecule has 6 heteroatoms. The van der Waals surface area contributed by atoms with Crippen LogP contribution in [-0.2, 0) is 4.74 Å². The second kappa shape index (κ2) is 8.35. The van der Waals surface area contributed by atoms with E-state index in [9.17, 15) is 4.79 Å². The van der Waals surface area contributed by atoms with E-state index in [0.29, 0.717) is 30.5 Å². The number of carbonyl (C=O) groups excluding carboxylic acids is 1. The summed E-state index contributed by atoms with van der Waals surface area (Å²) in [6.45, 7) is 5.44. The number of carbonyl (C=O) groups is 1. The zero-order valence-electron chi connectivity index (χ0n) is 15.8. The Kier molecular flexibility index (Phi) is 5.67. The van der Waals surface area contributed by atoms with Gasteiger partial charge in [-0.1, -0.05) is 41.9 Å². The highest BCUT2D eigenvalue weighted by atomic mass is 35.5. The minimum Gasteiger partial charge on any atom is -0.451 e. The molecule has 0 bridgehead atoms. The molecule has 0 saturated carbocycles. The van der Waals surface area contributed by atoms with Gasteiger partial charge in [-0.05, 0) is 30.7 Å². The minimum absolute atomic E-state index is 0.0507. The average Bonchev–Trinajstić information content (AvgIpc) is 3.07. The topological polar surface area (TPSA) is 54.7 Å². The lowest BCUT2D eigenvalue weighted by Gasteiger charge is -2.34. The van der Waals surface area contributed by atoms with Gasteiger partial charge >= 0.3 is 0 Å². The molecular weight excluding hydrogens is 376 g/mol. The first-order valence-corrected chi connectivity index (χ1v) is 9.85. The molecule has 1 amide bonds. The highest BCUT2D eigenvalue weighted by molar-refractivity contribution is 6.30. The second-order valence-electron chi connectivity index (χ2n) is 6.98. The van der Waals surface area contributed by atoms with Gasteiger partial charge in [-0.3, -0.25) is 9.69 Å². The SMILES string of the molecule is Cc1c(C(=O)NC[C@H](c2ccc(Cl)cc2)N2CCOCC2)oc2ccccc12. The summed E-state index contributed by atoms with van der Waals surface area (Å²) in [6.07, 6.45) is 0. The van der Waals surface area contributed by atoms with Crippen LogP contribution in [0.15, 0.2) is 52.9 Å². The molecule has 28 heavy (non-hydrogen) atoms. The lowest BCUT2D eigenvalue weighted by Crippen LogP contribution is -2.43. The summed E-state index contributed by atoms with van der Waals surface area (Å²) in [7, 11) is 0. The third-order valence-corrected chi connectivity index (χ3v) is 5.50. The van der Waals surface area contributed by atoms with E-state index in [-0.39, 0.29) is 11.9 Å². The number of morpholine rings is 1. The molecule has 1 aromatic heterocycles. The van der Waals surface area contributed by atoms with Crippen LogP contribution < -0.4 is 5.32 Å². The quantitative estimate of drug-likeness (QED) is 0.699. The molecule has 0 radical (unpaired) electrons. The summed E-state index contributed by atoms with van der Waals surface area (Å²) >= 11 is 6.05. The maximum absolute atomic E-state index is 12.8. The van der Waals surface area contributed by atoms with Crippen LogP contribution in [0.4, 0.5) is 0 Å². The Balaban J connectivity index is 1.53. The number of furan rings is 1. The highest BCUT2D eigenvalue weighted by Crippen LogP contribution is 2.26. The van der Waals surface area contributed by atoms with Crippen LogP contribution >= 0.6 is 11.6 Å². The molecule has 3 aromatic rings. The fraction of sp³-hybridized carbons (Fsp3) is 0.318. The lowest BCUT2D eigenvalue weighted by molar-refractivity contribution is 0.0161. The van der Waals surface area contributed by atoms with E-state index < -0.39 is 0 Å². The summed E-state index contributed by atoms with van der Waals surface area (Å²) in [5.41, 5.74) is 2.71. The van der Waals surface area contributed by atoms with Gasteiger partial charge in [0.15, 0.2) is 5.76 Å². The lowest BCUT2D eigenvalue weighted by atomic mass is 10.0. The minimum atomic E-state index is -0.194. The Morgan fingerprint density at radius 3 is 2.57 bits per heavy atom. The maximum Gasteiger partial charge on any atom is 0.287 e. The molecule has 2 aromatic carbocycles. The molecule has 1 fully saturated rings. The Hall–Kier alpha value is -2.34. The predicted molar refractivity (Wildman–Crippen MR) is 110 cm³/mol. The van der Waals surface area contributed by atoms with E-state index in [1.807, 2.05) is 55.5 Å². The van der Waals surface area contributed by atoms with Gasteiger partial charge in [-0.2, -0.15) is 0 Å². The van der Waals surface area contributed by atoms with Crippen molar-refractivity contribution in [2.45, 2.75) is 13.0 Å². The van der Waals surface area contributed by atoms with Crippen LogP contribution in [0.2, 0.25) is 5.02 Å². The number of nitrogens with one attached hydrogen (secondary N) is 1. The summed E-state index contributed by atoms with van der Waals surface area (Å²) in [4.78, 5) is 15.2. The first-order chi connectivity index (χ1) is 13.6. The molecule has 1 aliphatic rings. The van der Waals surface area contributed by atoms with Gasteiger partial charge in [0, 0.05) is 35.6 Å². The van der Waals surface area contributed by atoms with Crippen molar-refractivity contribution in [1.29, 1.82) is 0 Å². The van der Waals surface area contributed by atoms with E-state index in [0.717, 1.165) is 35.2 Å². The van der Waals surface area contributed by atoms with Crippen LogP contribution in [0.5, 0.6) is 0 Å². The first-order valence-electron chi connectivity index (χ1n) is 9.47. The number of nitrogens with zero attached hydrogens (tertiary/aromatic N) is 1. The summed E-state index contributed by atoms with van der Waals surface area (Å²) < 4.78 is 11.3. The van der Waals surface area contributed by atoms with Gasteiger partial charge in [0.05, 0.1) is 19.3 Å². The molecule has 4 rings (SSSR count). The van der Waals surface area contributed by atoms with Crippen molar-refractivity contribution in [3.8, 4) is 0 Å². The van der Waals surface area contributed by atoms with Crippen molar-refractivity contribution >= 4 is 28.5 Å². The summed E-state index contributed by atoms with van der Waals surface area (Å²) in [5.74, 6) is 0.180. The molecule has 146 valence electrons. The number of aryl methyl sites for hydroxylation is 1. The van der Waals surface area contributed by atoms with Crippen LogP contribution in [0.1, 0.15) is 27.7 Å². The van der Waals surface area contributed by atoms with Gasteiger partial charge < -0.3 is 14.5 Å². The normalized spacial score (nSPS) is 16.2. The van der Waals surface area contributed by atoms with Crippen molar-refractivity contribution < 1.29 is 13.9 Å². The van der Waals surface area contributed by atoms with E-state index in [4.69, 9.17) is 20.8 Å². The number of benzene rings is 2. The van der Waals surface area contributed by atoms with Gasteiger partial charge in [0.25, 0.3) is 5.91 Å². The van der Waals surface area contributed by atoms with Gasteiger partial charge in [0.2, 0.25) is 0 Å². The molecule has 1 N–H and O–H groups in total. The Labute approximate surface area is 169 Å². The third-order valence-electron chi connectivity index (χ3n) is 5.25. The second-order valence-corrected chi connectivity index (χ2v) is 7.41. The van der Waals surface area contributed by atoms with E-state index in [1.165, 1.54) is 0 Å².